The van der Waals surface area contributed by atoms with Crippen molar-refractivity contribution in [3.63, 3.8) is 0 Å². The number of ether oxygens (including phenoxy) is 2. The molecule has 10 heteroatoms. The van der Waals surface area contributed by atoms with Crippen molar-refractivity contribution in [1.82, 2.24) is 14.6 Å². The van der Waals surface area contributed by atoms with Gasteiger partial charge in [-0.1, -0.05) is 11.3 Å². The van der Waals surface area contributed by atoms with Gasteiger partial charge in [0.05, 0.1) is 25.1 Å². The lowest BCUT2D eigenvalue weighted by Gasteiger charge is -2.08. The fourth-order valence-electron chi connectivity index (χ4n) is 2.31. The number of aromatic nitrogens is 3. The van der Waals surface area contributed by atoms with E-state index in [2.05, 4.69) is 10.1 Å². The Morgan fingerprint density at radius 3 is 2.78 bits per heavy atom. The molecule has 1 aromatic carbocycles. The van der Waals surface area contributed by atoms with E-state index in [-0.39, 0.29) is 4.34 Å². The van der Waals surface area contributed by atoms with Gasteiger partial charge in [0.25, 0.3) is 10.0 Å². The first-order valence-electron chi connectivity index (χ1n) is 6.80. The Morgan fingerprint density at radius 2 is 2.00 bits per heavy atom. The highest BCUT2D eigenvalue weighted by atomic mass is 32.2. The van der Waals surface area contributed by atoms with Crippen LogP contribution in [0.2, 0.25) is 0 Å². The zero-order valence-electron chi connectivity index (χ0n) is 11.8. The van der Waals surface area contributed by atoms with E-state index in [1.165, 1.54) is 4.52 Å². The van der Waals surface area contributed by atoms with Crippen molar-refractivity contribution < 1.29 is 17.9 Å². The van der Waals surface area contributed by atoms with Crippen LogP contribution in [0.5, 0.6) is 11.5 Å². The minimum Gasteiger partial charge on any atom is -0.490 e. The number of fused-ring (bicyclic) bond motifs is 2. The summed E-state index contributed by atoms with van der Waals surface area (Å²) in [5, 5.41) is 9.16. The summed E-state index contributed by atoms with van der Waals surface area (Å²) < 4.78 is 35.4. The van der Waals surface area contributed by atoms with Crippen molar-refractivity contribution in [3.05, 3.63) is 24.4 Å². The van der Waals surface area contributed by atoms with Crippen molar-refractivity contribution in [3.8, 4) is 22.8 Å². The van der Waals surface area contributed by atoms with E-state index in [0.29, 0.717) is 35.4 Å². The zero-order valence-corrected chi connectivity index (χ0v) is 13.4. The van der Waals surface area contributed by atoms with Crippen LogP contribution < -0.4 is 14.6 Å². The van der Waals surface area contributed by atoms with Gasteiger partial charge in [0.15, 0.2) is 11.5 Å². The summed E-state index contributed by atoms with van der Waals surface area (Å²) in [5.41, 5.74) is 1.45. The van der Waals surface area contributed by atoms with Crippen LogP contribution >= 0.6 is 11.3 Å². The molecule has 3 aromatic rings. The minimum atomic E-state index is -3.85. The molecule has 1 aliphatic heterocycles. The van der Waals surface area contributed by atoms with Crippen molar-refractivity contribution in [1.29, 1.82) is 0 Å². The van der Waals surface area contributed by atoms with Crippen LogP contribution in [0.15, 0.2) is 28.7 Å². The van der Waals surface area contributed by atoms with E-state index in [1.54, 1.807) is 6.20 Å². The van der Waals surface area contributed by atoms with Gasteiger partial charge < -0.3 is 9.47 Å². The summed E-state index contributed by atoms with van der Waals surface area (Å²) >= 11 is 0.924. The van der Waals surface area contributed by atoms with Gasteiger partial charge in [-0.25, -0.2) is 23.1 Å². The number of hydrogen-bond acceptors (Lipinski definition) is 7. The van der Waals surface area contributed by atoms with Gasteiger partial charge in [0.2, 0.25) is 9.30 Å². The average molecular weight is 352 g/mol. The molecule has 4 rings (SSSR count). The molecule has 0 radical (unpaired) electrons. The standard InChI is InChI=1S/C13H12N4O4S2/c14-23(18,19)13-16-17-9(7-15-12(17)22-13)8-2-3-10-11(6-8)21-5-1-4-20-10/h2-3,6-7H,1,4-5H2,(H2,14,18,19). The lowest BCUT2D eigenvalue weighted by Crippen LogP contribution is -2.12. The highest BCUT2D eigenvalue weighted by Gasteiger charge is 2.19. The molecule has 0 bridgehead atoms. The number of imidazole rings is 1. The van der Waals surface area contributed by atoms with Gasteiger partial charge in [-0.05, 0) is 18.2 Å². The van der Waals surface area contributed by atoms with Crippen LogP contribution in [0.1, 0.15) is 6.42 Å². The second-order valence-corrected chi connectivity index (χ2v) is 7.65. The molecule has 0 saturated heterocycles. The van der Waals surface area contributed by atoms with Crippen LogP contribution in [0.3, 0.4) is 0 Å². The number of hydrogen-bond donors (Lipinski definition) is 1. The number of nitrogens with two attached hydrogens (primary N) is 1. The smallest absolute Gasteiger partial charge is 0.267 e. The first-order valence-corrected chi connectivity index (χ1v) is 9.16. The third-order valence-corrected chi connectivity index (χ3v) is 5.59. The normalized spacial score (nSPS) is 14.8. The third-order valence-electron chi connectivity index (χ3n) is 3.35. The van der Waals surface area contributed by atoms with Gasteiger partial charge >= 0.3 is 0 Å². The fraction of sp³-hybridized carbons (Fsp3) is 0.231. The molecular weight excluding hydrogens is 340 g/mol. The van der Waals surface area contributed by atoms with Crippen LogP contribution in [0, 0.1) is 0 Å². The molecule has 0 unspecified atom stereocenters. The predicted octanol–water partition coefficient (Wildman–Crippen LogP) is 1.27. The van der Waals surface area contributed by atoms with Crippen molar-refractivity contribution in [2.75, 3.05) is 13.2 Å². The largest absolute Gasteiger partial charge is 0.490 e. The Labute approximate surface area is 135 Å². The number of nitrogens with zero attached hydrogens (tertiary/aromatic N) is 3. The Morgan fingerprint density at radius 1 is 1.22 bits per heavy atom. The monoisotopic (exact) mass is 352 g/mol. The Hall–Kier alpha value is -2.17. The molecule has 120 valence electrons. The van der Waals surface area contributed by atoms with Gasteiger partial charge in [0.1, 0.15) is 0 Å². The minimum absolute atomic E-state index is 0.170. The first-order chi connectivity index (χ1) is 11.0. The number of benzene rings is 1. The van der Waals surface area contributed by atoms with Crippen LogP contribution in [-0.2, 0) is 10.0 Å². The summed E-state index contributed by atoms with van der Waals surface area (Å²) in [6.07, 6.45) is 2.45. The number of primary sulfonamides is 1. The fourth-order valence-corrected chi connectivity index (χ4v) is 3.80. The van der Waals surface area contributed by atoms with Crippen LogP contribution in [0.4, 0.5) is 0 Å². The predicted molar refractivity (Wildman–Crippen MR) is 83.3 cm³/mol. The second kappa shape index (κ2) is 5.18. The Bertz CT molecular complexity index is 993. The van der Waals surface area contributed by atoms with Gasteiger partial charge in [-0.15, -0.1) is 5.10 Å². The molecule has 1 aliphatic rings. The summed E-state index contributed by atoms with van der Waals surface area (Å²) in [4.78, 5) is 4.64. The maximum Gasteiger partial charge on any atom is 0.267 e. The van der Waals surface area contributed by atoms with E-state index in [1.807, 2.05) is 18.2 Å². The summed E-state index contributed by atoms with van der Waals surface area (Å²) in [5.74, 6) is 1.34. The van der Waals surface area contributed by atoms with E-state index >= 15 is 0 Å². The van der Waals surface area contributed by atoms with Crippen LogP contribution in [0.25, 0.3) is 16.2 Å². The van der Waals surface area contributed by atoms with E-state index in [9.17, 15) is 8.42 Å². The molecule has 0 atom stereocenters. The maximum absolute atomic E-state index is 11.4. The molecule has 23 heavy (non-hydrogen) atoms. The summed E-state index contributed by atoms with van der Waals surface area (Å²) in [7, 11) is -3.85. The molecule has 8 nitrogen and oxygen atoms in total. The topological polar surface area (TPSA) is 109 Å². The van der Waals surface area contributed by atoms with Crippen LogP contribution in [-0.4, -0.2) is 36.2 Å². The van der Waals surface area contributed by atoms with Gasteiger partial charge in [0, 0.05) is 12.0 Å². The van der Waals surface area contributed by atoms with Gasteiger partial charge in [-0.3, -0.25) is 0 Å². The van der Waals surface area contributed by atoms with Crippen molar-refractivity contribution in [2.24, 2.45) is 5.14 Å². The lowest BCUT2D eigenvalue weighted by atomic mass is 10.1. The molecule has 0 saturated carbocycles. The highest BCUT2D eigenvalue weighted by Crippen LogP contribution is 2.34. The molecule has 0 fully saturated rings. The third kappa shape index (κ3) is 2.54. The molecule has 0 spiro atoms. The number of sulfonamides is 1. The lowest BCUT2D eigenvalue weighted by molar-refractivity contribution is 0.297. The van der Waals surface area contributed by atoms with E-state index in [4.69, 9.17) is 14.6 Å². The van der Waals surface area contributed by atoms with E-state index < -0.39 is 10.0 Å². The quantitative estimate of drug-likeness (QED) is 0.744. The first kappa shape index (κ1) is 14.4. The SMILES string of the molecule is NS(=O)(=O)c1nn2c(-c3ccc4c(c3)OCCCO4)cnc2s1. The zero-order chi connectivity index (χ0) is 16.0. The molecule has 3 heterocycles. The molecule has 0 amide bonds. The second-order valence-electron chi connectivity index (χ2n) is 4.96. The Balaban J connectivity index is 1.83. The average Bonchev–Trinajstić information content (AvgIpc) is 3.00. The molecule has 2 N–H and O–H groups in total. The van der Waals surface area contributed by atoms with Crippen molar-refractivity contribution >= 4 is 26.3 Å². The highest BCUT2D eigenvalue weighted by molar-refractivity contribution is 7.91. The van der Waals surface area contributed by atoms with Crippen molar-refractivity contribution in [2.45, 2.75) is 10.8 Å². The molecular formula is C13H12N4O4S2. The van der Waals surface area contributed by atoms with E-state index in [0.717, 1.165) is 23.3 Å². The summed E-state index contributed by atoms with van der Waals surface area (Å²) in [6, 6.07) is 5.51. The number of rotatable bonds is 2. The Kier molecular flexibility index (Phi) is 3.25. The van der Waals surface area contributed by atoms with Gasteiger partial charge in [-0.2, -0.15) is 0 Å². The summed E-state index contributed by atoms with van der Waals surface area (Å²) in [6.45, 7) is 1.21. The molecule has 0 aliphatic carbocycles. The maximum atomic E-state index is 11.4. The molecule has 2 aromatic heterocycles.